The Morgan fingerprint density at radius 1 is 1.08 bits per heavy atom. The number of phenols is 1. The van der Waals surface area contributed by atoms with Gasteiger partial charge in [0.25, 0.3) is 0 Å². The molecular weight excluding hydrogens is 316 g/mol. The van der Waals surface area contributed by atoms with Crippen LogP contribution in [0, 0.1) is 23.7 Å². The van der Waals surface area contributed by atoms with Gasteiger partial charge in [0.15, 0.2) is 0 Å². The van der Waals surface area contributed by atoms with Gasteiger partial charge in [0.1, 0.15) is 11.5 Å². The molecule has 4 fully saturated rings. The minimum absolute atomic E-state index is 0.125. The van der Waals surface area contributed by atoms with Crippen molar-refractivity contribution in [3.8, 4) is 5.75 Å². The van der Waals surface area contributed by atoms with Crippen molar-refractivity contribution in [2.45, 2.75) is 44.9 Å². The van der Waals surface area contributed by atoms with Gasteiger partial charge in [-0.25, -0.2) is 0 Å². The van der Waals surface area contributed by atoms with Gasteiger partial charge in [-0.2, -0.15) is 0 Å². The van der Waals surface area contributed by atoms with Gasteiger partial charge in [-0.15, -0.1) is 0 Å². The molecule has 4 nitrogen and oxygen atoms in total. The first-order valence-electron chi connectivity index (χ1n) is 9.48. The Kier molecular flexibility index (Phi) is 4.45. The number of ether oxygens (including phenoxy) is 1. The highest BCUT2D eigenvalue weighted by molar-refractivity contribution is 5.67. The zero-order valence-electron chi connectivity index (χ0n) is 14.5. The Morgan fingerprint density at radius 2 is 1.76 bits per heavy atom. The zero-order valence-corrected chi connectivity index (χ0v) is 14.5. The number of carboxylic acid groups (broad SMARTS) is 1. The van der Waals surface area contributed by atoms with Crippen LogP contribution in [0.5, 0.6) is 5.75 Å². The Labute approximate surface area is 148 Å². The van der Waals surface area contributed by atoms with E-state index in [0.717, 1.165) is 23.2 Å². The lowest BCUT2D eigenvalue weighted by atomic mass is 9.54. The van der Waals surface area contributed by atoms with Gasteiger partial charge in [0, 0.05) is 12.0 Å². The number of hydrogen-bond acceptors (Lipinski definition) is 3. The second kappa shape index (κ2) is 6.74. The molecule has 134 valence electrons. The SMILES string of the molecule is O=C(O)CCCOC(=C1C2CC3CC(C2)CC1C3)c1cccc(O)c1. The molecule has 1 aromatic rings. The van der Waals surface area contributed by atoms with Crippen LogP contribution in [0.25, 0.3) is 5.76 Å². The van der Waals surface area contributed by atoms with Crippen molar-refractivity contribution in [1.29, 1.82) is 0 Å². The first-order chi connectivity index (χ1) is 12.1. The molecule has 0 unspecified atom stereocenters. The smallest absolute Gasteiger partial charge is 0.303 e. The summed E-state index contributed by atoms with van der Waals surface area (Å²) in [6.07, 6.45) is 7.10. The van der Waals surface area contributed by atoms with Crippen LogP contribution in [0.15, 0.2) is 29.8 Å². The summed E-state index contributed by atoms with van der Waals surface area (Å²) in [7, 11) is 0. The fourth-order valence-electron chi connectivity index (χ4n) is 5.44. The highest BCUT2D eigenvalue weighted by atomic mass is 16.5. The largest absolute Gasteiger partial charge is 0.508 e. The van der Waals surface area contributed by atoms with Crippen LogP contribution in [0.4, 0.5) is 0 Å². The molecule has 4 bridgehead atoms. The number of aliphatic carboxylic acids is 1. The topological polar surface area (TPSA) is 66.8 Å². The highest BCUT2D eigenvalue weighted by Gasteiger charge is 2.46. The Balaban J connectivity index is 1.63. The molecule has 0 heterocycles. The zero-order chi connectivity index (χ0) is 17.4. The van der Waals surface area contributed by atoms with E-state index < -0.39 is 5.97 Å². The molecule has 0 aromatic heterocycles. The third-order valence-corrected chi connectivity index (χ3v) is 6.17. The van der Waals surface area contributed by atoms with E-state index in [-0.39, 0.29) is 12.2 Å². The van der Waals surface area contributed by atoms with Crippen LogP contribution in [-0.4, -0.2) is 22.8 Å². The third-order valence-electron chi connectivity index (χ3n) is 6.17. The van der Waals surface area contributed by atoms with Crippen LogP contribution in [-0.2, 0) is 9.53 Å². The first kappa shape index (κ1) is 16.5. The maximum absolute atomic E-state index is 10.8. The number of benzene rings is 1. The molecule has 4 aliphatic rings. The fourth-order valence-corrected chi connectivity index (χ4v) is 5.44. The molecule has 2 N–H and O–H groups in total. The molecule has 1 aromatic carbocycles. The Bertz CT molecular complexity index is 661. The molecule has 25 heavy (non-hydrogen) atoms. The van der Waals surface area contributed by atoms with Crippen molar-refractivity contribution in [3.05, 3.63) is 35.4 Å². The quantitative estimate of drug-likeness (QED) is 0.592. The number of allylic oxidation sites excluding steroid dienone is 1. The first-order valence-corrected chi connectivity index (χ1v) is 9.48. The van der Waals surface area contributed by atoms with Crippen molar-refractivity contribution >= 4 is 11.7 Å². The minimum Gasteiger partial charge on any atom is -0.508 e. The van der Waals surface area contributed by atoms with Gasteiger partial charge in [-0.05, 0) is 79.9 Å². The predicted molar refractivity (Wildman–Crippen MR) is 94.9 cm³/mol. The number of hydrogen-bond donors (Lipinski definition) is 2. The second-order valence-corrected chi connectivity index (χ2v) is 7.98. The summed E-state index contributed by atoms with van der Waals surface area (Å²) >= 11 is 0. The molecule has 4 heteroatoms. The summed E-state index contributed by atoms with van der Waals surface area (Å²) in [5.41, 5.74) is 2.37. The van der Waals surface area contributed by atoms with Crippen LogP contribution < -0.4 is 0 Å². The van der Waals surface area contributed by atoms with Gasteiger partial charge in [-0.3, -0.25) is 4.79 Å². The van der Waals surface area contributed by atoms with Crippen molar-refractivity contribution in [2.75, 3.05) is 6.61 Å². The summed E-state index contributed by atoms with van der Waals surface area (Å²) in [5.74, 6) is 3.34. The molecule has 0 saturated heterocycles. The van der Waals surface area contributed by atoms with E-state index >= 15 is 0 Å². The van der Waals surface area contributed by atoms with Gasteiger partial charge in [0.2, 0.25) is 0 Å². The second-order valence-electron chi connectivity index (χ2n) is 7.98. The van der Waals surface area contributed by atoms with Crippen LogP contribution in [0.3, 0.4) is 0 Å². The lowest BCUT2D eigenvalue weighted by Gasteiger charge is -2.51. The number of carbonyl (C=O) groups is 1. The molecule has 0 aliphatic heterocycles. The number of phenolic OH excluding ortho intramolecular Hbond substituents is 1. The van der Waals surface area contributed by atoms with Crippen molar-refractivity contribution < 1.29 is 19.7 Å². The van der Waals surface area contributed by atoms with Gasteiger partial charge in [-0.1, -0.05) is 12.1 Å². The van der Waals surface area contributed by atoms with Crippen molar-refractivity contribution in [3.63, 3.8) is 0 Å². The van der Waals surface area contributed by atoms with E-state index in [0.29, 0.717) is 24.9 Å². The fraction of sp³-hybridized carbons (Fsp3) is 0.571. The molecule has 5 rings (SSSR count). The average molecular weight is 342 g/mol. The number of carboxylic acids is 1. The van der Waals surface area contributed by atoms with Crippen molar-refractivity contribution in [2.24, 2.45) is 23.7 Å². The molecular formula is C21H26O4. The van der Waals surface area contributed by atoms with Crippen LogP contribution in [0.2, 0.25) is 0 Å². The summed E-state index contributed by atoms with van der Waals surface area (Å²) < 4.78 is 6.16. The lowest BCUT2D eigenvalue weighted by Crippen LogP contribution is -2.41. The summed E-state index contributed by atoms with van der Waals surface area (Å²) in [5, 5.41) is 18.7. The summed E-state index contributed by atoms with van der Waals surface area (Å²) in [6, 6.07) is 7.28. The van der Waals surface area contributed by atoms with Crippen LogP contribution >= 0.6 is 0 Å². The van der Waals surface area contributed by atoms with E-state index in [1.165, 1.54) is 37.7 Å². The number of rotatable bonds is 6. The normalized spacial score (nSPS) is 29.7. The minimum atomic E-state index is -0.787. The van der Waals surface area contributed by atoms with E-state index in [1.54, 1.807) is 12.1 Å². The monoisotopic (exact) mass is 342 g/mol. The summed E-state index contributed by atoms with van der Waals surface area (Å²) in [6.45, 7) is 0.410. The predicted octanol–water partition coefficient (Wildman–Crippen LogP) is 4.44. The van der Waals surface area contributed by atoms with Gasteiger partial charge < -0.3 is 14.9 Å². The standard InChI is InChI=1S/C21H26O4/c22-18-4-1-3-15(12-18)21(25-6-2-5-19(23)24)20-16-8-13-7-14(10-16)11-17(20)9-13/h1,3-4,12-14,16-17,22H,2,5-11H2,(H,23,24). The van der Waals surface area contributed by atoms with Gasteiger partial charge in [0.05, 0.1) is 6.61 Å². The molecule has 0 amide bonds. The molecule has 0 atom stereocenters. The van der Waals surface area contributed by atoms with Crippen molar-refractivity contribution in [1.82, 2.24) is 0 Å². The molecule has 0 spiro atoms. The van der Waals surface area contributed by atoms with E-state index in [4.69, 9.17) is 9.84 Å². The van der Waals surface area contributed by atoms with E-state index in [1.807, 2.05) is 12.1 Å². The average Bonchev–Trinajstić information content (AvgIpc) is 2.55. The lowest BCUT2D eigenvalue weighted by molar-refractivity contribution is -0.137. The molecule has 4 saturated carbocycles. The third kappa shape index (κ3) is 3.39. The Hall–Kier alpha value is -1.97. The highest BCUT2D eigenvalue weighted by Crippen LogP contribution is 2.58. The van der Waals surface area contributed by atoms with E-state index in [2.05, 4.69) is 0 Å². The Morgan fingerprint density at radius 3 is 2.36 bits per heavy atom. The summed E-state index contributed by atoms with van der Waals surface area (Å²) in [4.78, 5) is 10.8. The maximum atomic E-state index is 10.8. The van der Waals surface area contributed by atoms with Crippen LogP contribution in [0.1, 0.15) is 50.5 Å². The van der Waals surface area contributed by atoms with Gasteiger partial charge >= 0.3 is 5.97 Å². The molecule has 4 aliphatic carbocycles. The maximum Gasteiger partial charge on any atom is 0.303 e. The molecule has 0 radical (unpaired) electrons. The number of aromatic hydroxyl groups is 1. The van der Waals surface area contributed by atoms with E-state index in [9.17, 15) is 9.90 Å².